The molecule has 0 aliphatic heterocycles. The maximum atomic E-state index is 10.6. The molecule has 0 fully saturated rings. The average molecular weight is 222 g/mol. The van der Waals surface area contributed by atoms with Crippen molar-refractivity contribution in [2.24, 2.45) is 5.73 Å². The van der Waals surface area contributed by atoms with E-state index in [0.29, 0.717) is 13.2 Å². The van der Waals surface area contributed by atoms with Crippen molar-refractivity contribution in [1.82, 2.24) is 4.90 Å². The molecular formula is C12H18N2O2. The second kappa shape index (κ2) is 6.12. The fraction of sp³-hybridized carbons (Fsp3) is 0.417. The maximum absolute atomic E-state index is 10.6. The normalized spacial score (nSPS) is 10.4. The van der Waals surface area contributed by atoms with Crippen LogP contribution in [0.25, 0.3) is 0 Å². The Kier molecular flexibility index (Phi) is 4.79. The van der Waals surface area contributed by atoms with Crippen LogP contribution in [0, 0.1) is 6.92 Å². The Bertz CT molecular complexity index is 353. The Morgan fingerprint density at radius 1 is 1.50 bits per heavy atom. The van der Waals surface area contributed by atoms with Gasteiger partial charge in [0.1, 0.15) is 12.4 Å². The van der Waals surface area contributed by atoms with Crippen LogP contribution in [0.2, 0.25) is 0 Å². The summed E-state index contributed by atoms with van der Waals surface area (Å²) in [5, 5.41) is 0. The van der Waals surface area contributed by atoms with E-state index in [1.54, 1.807) is 0 Å². The quantitative estimate of drug-likeness (QED) is 0.774. The van der Waals surface area contributed by atoms with Gasteiger partial charge in [-0.15, -0.1) is 0 Å². The minimum absolute atomic E-state index is 0.261. The van der Waals surface area contributed by atoms with Crippen molar-refractivity contribution < 1.29 is 9.53 Å². The third-order valence-corrected chi connectivity index (χ3v) is 2.16. The molecule has 0 aliphatic carbocycles. The number of hydrogen-bond donors (Lipinski definition) is 1. The Labute approximate surface area is 96.0 Å². The summed E-state index contributed by atoms with van der Waals surface area (Å²) in [6.07, 6.45) is 0. The van der Waals surface area contributed by atoms with Crippen LogP contribution in [0.1, 0.15) is 5.56 Å². The number of carbonyl (C=O) groups is 1. The monoisotopic (exact) mass is 222 g/mol. The van der Waals surface area contributed by atoms with E-state index >= 15 is 0 Å². The zero-order valence-corrected chi connectivity index (χ0v) is 9.77. The lowest BCUT2D eigenvalue weighted by Gasteiger charge is -2.14. The Hall–Kier alpha value is -1.55. The lowest BCUT2D eigenvalue weighted by Crippen LogP contribution is -2.33. The molecule has 0 aliphatic rings. The van der Waals surface area contributed by atoms with Crippen molar-refractivity contribution in [3.63, 3.8) is 0 Å². The molecule has 1 aromatic carbocycles. The highest BCUT2D eigenvalue weighted by Crippen LogP contribution is 2.11. The van der Waals surface area contributed by atoms with Gasteiger partial charge in [0.25, 0.3) is 0 Å². The van der Waals surface area contributed by atoms with E-state index in [1.165, 1.54) is 5.56 Å². The van der Waals surface area contributed by atoms with E-state index in [-0.39, 0.29) is 12.5 Å². The van der Waals surface area contributed by atoms with E-state index < -0.39 is 0 Å². The van der Waals surface area contributed by atoms with Gasteiger partial charge in [-0.3, -0.25) is 9.69 Å². The van der Waals surface area contributed by atoms with Gasteiger partial charge in [0, 0.05) is 6.54 Å². The van der Waals surface area contributed by atoms with Crippen LogP contribution in [0.5, 0.6) is 5.75 Å². The van der Waals surface area contributed by atoms with Crippen LogP contribution in [0.3, 0.4) is 0 Å². The Morgan fingerprint density at radius 2 is 2.25 bits per heavy atom. The van der Waals surface area contributed by atoms with Gasteiger partial charge in [-0.1, -0.05) is 12.1 Å². The van der Waals surface area contributed by atoms with Crippen molar-refractivity contribution in [2.75, 3.05) is 26.7 Å². The molecule has 0 atom stereocenters. The van der Waals surface area contributed by atoms with Crippen molar-refractivity contribution in [3.05, 3.63) is 29.8 Å². The second-order valence-electron chi connectivity index (χ2n) is 3.87. The minimum atomic E-state index is -0.321. The molecule has 16 heavy (non-hydrogen) atoms. The molecule has 0 saturated carbocycles. The molecule has 0 aromatic heterocycles. The standard InChI is InChI=1S/C12H18N2O2/c1-10-4-3-5-11(8-10)16-7-6-14(2)9-12(13)15/h3-5,8H,6-7,9H2,1-2H3,(H2,13,15). The number of hydrogen-bond acceptors (Lipinski definition) is 3. The number of aryl methyl sites for hydroxylation is 1. The molecule has 1 rings (SSSR count). The highest BCUT2D eigenvalue weighted by molar-refractivity contribution is 5.75. The molecule has 0 heterocycles. The highest BCUT2D eigenvalue weighted by Gasteiger charge is 2.02. The number of amides is 1. The van der Waals surface area contributed by atoms with Crippen LogP contribution in [0.15, 0.2) is 24.3 Å². The molecule has 4 nitrogen and oxygen atoms in total. The second-order valence-corrected chi connectivity index (χ2v) is 3.87. The number of rotatable bonds is 6. The Morgan fingerprint density at radius 3 is 2.88 bits per heavy atom. The number of benzene rings is 1. The third-order valence-electron chi connectivity index (χ3n) is 2.16. The van der Waals surface area contributed by atoms with E-state index in [2.05, 4.69) is 0 Å². The van der Waals surface area contributed by atoms with Crippen molar-refractivity contribution in [3.8, 4) is 5.75 Å². The van der Waals surface area contributed by atoms with Gasteiger partial charge in [0.05, 0.1) is 6.54 Å². The number of nitrogens with two attached hydrogens (primary N) is 1. The van der Waals surface area contributed by atoms with Gasteiger partial charge in [0.15, 0.2) is 0 Å². The molecule has 0 saturated heterocycles. The fourth-order valence-corrected chi connectivity index (χ4v) is 1.37. The SMILES string of the molecule is Cc1cccc(OCCN(C)CC(N)=O)c1. The summed E-state index contributed by atoms with van der Waals surface area (Å²) in [5.74, 6) is 0.533. The van der Waals surface area contributed by atoms with E-state index in [9.17, 15) is 4.79 Å². The zero-order chi connectivity index (χ0) is 12.0. The first kappa shape index (κ1) is 12.5. The van der Waals surface area contributed by atoms with Gasteiger partial charge >= 0.3 is 0 Å². The first-order valence-corrected chi connectivity index (χ1v) is 5.24. The largest absolute Gasteiger partial charge is 0.492 e. The Balaban J connectivity index is 2.27. The summed E-state index contributed by atoms with van der Waals surface area (Å²) in [4.78, 5) is 12.5. The first-order chi connectivity index (χ1) is 7.58. The van der Waals surface area contributed by atoms with Crippen LogP contribution in [-0.4, -0.2) is 37.6 Å². The molecular weight excluding hydrogens is 204 g/mol. The van der Waals surface area contributed by atoms with E-state index in [4.69, 9.17) is 10.5 Å². The van der Waals surface area contributed by atoms with Crippen molar-refractivity contribution in [1.29, 1.82) is 0 Å². The van der Waals surface area contributed by atoms with Crippen molar-refractivity contribution >= 4 is 5.91 Å². The molecule has 88 valence electrons. The van der Waals surface area contributed by atoms with Gasteiger partial charge in [-0.25, -0.2) is 0 Å². The summed E-state index contributed by atoms with van der Waals surface area (Å²) < 4.78 is 5.55. The van der Waals surface area contributed by atoms with Crippen LogP contribution in [0.4, 0.5) is 0 Å². The topological polar surface area (TPSA) is 55.6 Å². The minimum Gasteiger partial charge on any atom is -0.492 e. The molecule has 0 bridgehead atoms. The smallest absolute Gasteiger partial charge is 0.231 e. The average Bonchev–Trinajstić information content (AvgIpc) is 2.16. The predicted octanol–water partition coefficient (Wildman–Crippen LogP) is 0.791. The first-order valence-electron chi connectivity index (χ1n) is 5.24. The van der Waals surface area contributed by atoms with Crippen LogP contribution < -0.4 is 10.5 Å². The van der Waals surface area contributed by atoms with Gasteiger partial charge in [-0.05, 0) is 31.7 Å². The molecule has 2 N–H and O–H groups in total. The molecule has 0 unspecified atom stereocenters. The molecule has 0 radical (unpaired) electrons. The third kappa shape index (κ3) is 4.79. The number of nitrogens with zero attached hydrogens (tertiary/aromatic N) is 1. The fourth-order valence-electron chi connectivity index (χ4n) is 1.37. The van der Waals surface area contributed by atoms with Crippen molar-refractivity contribution in [2.45, 2.75) is 6.92 Å². The number of carbonyl (C=O) groups excluding carboxylic acids is 1. The molecule has 0 spiro atoms. The molecule has 1 aromatic rings. The van der Waals surface area contributed by atoms with E-state index in [1.807, 2.05) is 43.1 Å². The summed E-state index contributed by atoms with van der Waals surface area (Å²) in [6.45, 7) is 3.51. The molecule has 4 heteroatoms. The summed E-state index contributed by atoms with van der Waals surface area (Å²) >= 11 is 0. The number of primary amides is 1. The van der Waals surface area contributed by atoms with Crippen LogP contribution in [-0.2, 0) is 4.79 Å². The summed E-state index contributed by atoms with van der Waals surface area (Å²) in [7, 11) is 1.84. The number of likely N-dealkylation sites (N-methyl/N-ethyl adjacent to an activating group) is 1. The van der Waals surface area contributed by atoms with Gasteiger partial charge in [-0.2, -0.15) is 0 Å². The lowest BCUT2D eigenvalue weighted by molar-refractivity contribution is -0.118. The molecule has 1 amide bonds. The van der Waals surface area contributed by atoms with Crippen LogP contribution >= 0.6 is 0 Å². The lowest BCUT2D eigenvalue weighted by atomic mass is 10.2. The maximum Gasteiger partial charge on any atom is 0.231 e. The highest BCUT2D eigenvalue weighted by atomic mass is 16.5. The summed E-state index contributed by atoms with van der Waals surface area (Å²) in [5.41, 5.74) is 6.24. The zero-order valence-electron chi connectivity index (χ0n) is 9.77. The van der Waals surface area contributed by atoms with E-state index in [0.717, 1.165) is 5.75 Å². The number of ether oxygens (including phenoxy) is 1. The van der Waals surface area contributed by atoms with Gasteiger partial charge in [0.2, 0.25) is 5.91 Å². The summed E-state index contributed by atoms with van der Waals surface area (Å²) in [6, 6.07) is 7.87. The van der Waals surface area contributed by atoms with Gasteiger partial charge < -0.3 is 10.5 Å². The predicted molar refractivity (Wildman–Crippen MR) is 63.4 cm³/mol.